The molecule has 0 unspecified atom stereocenters. The summed E-state index contributed by atoms with van der Waals surface area (Å²) in [6.07, 6.45) is 8.02. The molecular formula is C20H24N2OS2. The maximum absolute atomic E-state index is 10.6. The standard InChI is InChI=1S/C20H24N2OS2/c1-3-4-5-6-9-12-22-19(23)18(25-20(22)24)13-16-14(2)21-17-11-8-7-10-15(16)17/h7-8,10-11,13,23H,3-6,9,12H2,1-2H3/b16-13+. The summed E-state index contributed by atoms with van der Waals surface area (Å²) in [5.41, 5.74) is 4.15. The lowest BCUT2D eigenvalue weighted by molar-refractivity contribution is 0.407. The molecular weight excluding hydrogens is 348 g/mol. The maximum Gasteiger partial charge on any atom is 0.210 e. The van der Waals surface area contributed by atoms with Crippen molar-refractivity contribution in [3.63, 3.8) is 0 Å². The highest BCUT2D eigenvalue weighted by atomic mass is 32.1. The third kappa shape index (κ3) is 3.93. The molecule has 0 amide bonds. The molecule has 1 aromatic carbocycles. The Hall–Kier alpha value is -1.72. The van der Waals surface area contributed by atoms with Gasteiger partial charge in [-0.15, -0.1) is 11.3 Å². The summed E-state index contributed by atoms with van der Waals surface area (Å²) >= 11 is 6.94. The van der Waals surface area contributed by atoms with Crippen LogP contribution in [0.4, 0.5) is 5.69 Å². The second-order valence-corrected chi connectivity index (χ2v) is 8.07. The van der Waals surface area contributed by atoms with E-state index in [0.717, 1.165) is 44.3 Å². The lowest BCUT2D eigenvalue weighted by Gasteiger charge is -2.05. The van der Waals surface area contributed by atoms with E-state index in [4.69, 9.17) is 12.2 Å². The monoisotopic (exact) mass is 372 g/mol. The van der Waals surface area contributed by atoms with Gasteiger partial charge in [-0.25, -0.2) is 0 Å². The van der Waals surface area contributed by atoms with Crippen molar-refractivity contribution in [3.05, 3.63) is 38.7 Å². The molecule has 2 heterocycles. The molecule has 3 rings (SSSR count). The first-order valence-corrected chi connectivity index (χ1v) is 10.1. The molecule has 0 radical (unpaired) electrons. The number of allylic oxidation sites excluding steroid dienone is 1. The smallest absolute Gasteiger partial charge is 0.210 e. The van der Waals surface area contributed by atoms with Crippen molar-refractivity contribution in [2.24, 2.45) is 4.99 Å². The van der Waals surface area contributed by atoms with Gasteiger partial charge in [0.15, 0.2) is 3.95 Å². The van der Waals surface area contributed by atoms with E-state index in [2.05, 4.69) is 18.0 Å². The molecule has 5 heteroatoms. The SMILES string of the molecule is CCCCCCCn1c(O)c(/C=C2\C(C)=Nc3ccccc32)sc1=S. The first kappa shape index (κ1) is 18.1. The summed E-state index contributed by atoms with van der Waals surface area (Å²) in [4.78, 5) is 5.42. The molecule has 0 spiro atoms. The minimum Gasteiger partial charge on any atom is -0.493 e. The summed E-state index contributed by atoms with van der Waals surface area (Å²) in [5.74, 6) is 0.287. The van der Waals surface area contributed by atoms with Crippen molar-refractivity contribution in [3.8, 4) is 5.88 Å². The van der Waals surface area contributed by atoms with Gasteiger partial charge < -0.3 is 5.11 Å². The van der Waals surface area contributed by atoms with Gasteiger partial charge in [-0.1, -0.05) is 50.8 Å². The Kier molecular flexibility index (Phi) is 5.86. The molecule has 1 aliphatic heterocycles. The summed E-state index contributed by atoms with van der Waals surface area (Å²) in [7, 11) is 0. The van der Waals surface area contributed by atoms with Crippen molar-refractivity contribution >= 4 is 46.6 Å². The Labute approximate surface area is 158 Å². The molecule has 3 nitrogen and oxygen atoms in total. The number of hydrogen-bond acceptors (Lipinski definition) is 4. The fourth-order valence-corrected chi connectivity index (χ4v) is 4.43. The minimum atomic E-state index is 0.287. The number of thiazole rings is 1. The minimum absolute atomic E-state index is 0.287. The largest absolute Gasteiger partial charge is 0.493 e. The second-order valence-electron chi connectivity index (χ2n) is 6.39. The quantitative estimate of drug-likeness (QED) is 0.439. The van der Waals surface area contributed by atoms with Gasteiger partial charge in [0.05, 0.1) is 10.6 Å². The molecule has 132 valence electrons. The van der Waals surface area contributed by atoms with Gasteiger partial charge in [0.2, 0.25) is 5.88 Å². The number of aliphatic imine (C=N–C) groups is 1. The van der Waals surface area contributed by atoms with E-state index in [-0.39, 0.29) is 5.88 Å². The molecule has 0 fully saturated rings. The molecule has 1 N–H and O–H groups in total. The number of hydrogen-bond donors (Lipinski definition) is 1. The second kappa shape index (κ2) is 8.11. The third-order valence-electron chi connectivity index (χ3n) is 4.53. The molecule has 1 aliphatic rings. The van der Waals surface area contributed by atoms with Gasteiger partial charge in [-0.2, -0.15) is 0 Å². The van der Waals surface area contributed by atoms with Gasteiger partial charge in [-0.3, -0.25) is 9.56 Å². The van der Waals surface area contributed by atoms with Crippen LogP contribution in [-0.4, -0.2) is 15.4 Å². The molecule has 0 bridgehead atoms. The van der Waals surface area contributed by atoms with E-state index in [1.165, 1.54) is 37.0 Å². The lowest BCUT2D eigenvalue weighted by Crippen LogP contribution is -1.97. The number of rotatable bonds is 7. The number of aromatic hydroxyl groups is 1. The van der Waals surface area contributed by atoms with Crippen LogP contribution in [0.25, 0.3) is 11.6 Å². The Bertz CT molecular complexity index is 874. The Morgan fingerprint density at radius 2 is 1.96 bits per heavy atom. The van der Waals surface area contributed by atoms with Crippen LogP contribution >= 0.6 is 23.6 Å². The summed E-state index contributed by atoms with van der Waals surface area (Å²) in [6, 6.07) is 8.10. The van der Waals surface area contributed by atoms with Gasteiger partial charge in [0.25, 0.3) is 0 Å². The Morgan fingerprint density at radius 3 is 2.76 bits per heavy atom. The third-order valence-corrected chi connectivity index (χ3v) is 5.91. The number of aromatic nitrogens is 1. The van der Waals surface area contributed by atoms with E-state index >= 15 is 0 Å². The van der Waals surface area contributed by atoms with E-state index < -0.39 is 0 Å². The van der Waals surface area contributed by atoms with Crippen LogP contribution in [-0.2, 0) is 6.54 Å². The highest BCUT2D eigenvalue weighted by Gasteiger charge is 2.19. The van der Waals surface area contributed by atoms with Crippen LogP contribution in [0, 0.1) is 3.95 Å². The summed E-state index contributed by atoms with van der Waals surface area (Å²) < 4.78 is 2.60. The number of para-hydroxylation sites is 1. The average Bonchev–Trinajstić information content (AvgIpc) is 3.05. The van der Waals surface area contributed by atoms with Crippen LogP contribution < -0.4 is 0 Å². The highest BCUT2D eigenvalue weighted by molar-refractivity contribution is 7.73. The van der Waals surface area contributed by atoms with Crippen molar-refractivity contribution in [2.45, 2.75) is 52.5 Å². The maximum atomic E-state index is 10.6. The van der Waals surface area contributed by atoms with E-state index in [1.54, 1.807) is 0 Å². The van der Waals surface area contributed by atoms with Crippen molar-refractivity contribution in [2.75, 3.05) is 0 Å². The fraction of sp³-hybridized carbons (Fsp3) is 0.400. The van der Waals surface area contributed by atoms with E-state index in [1.807, 2.05) is 35.8 Å². The van der Waals surface area contributed by atoms with Crippen LogP contribution in [0.5, 0.6) is 5.88 Å². The summed E-state index contributed by atoms with van der Waals surface area (Å²) in [5, 5.41) is 10.6. The zero-order valence-corrected chi connectivity index (χ0v) is 16.4. The number of nitrogens with zero attached hydrogens (tertiary/aromatic N) is 2. The highest BCUT2D eigenvalue weighted by Crippen LogP contribution is 2.38. The molecule has 25 heavy (non-hydrogen) atoms. The molecule has 2 aromatic rings. The molecule has 1 aromatic heterocycles. The van der Waals surface area contributed by atoms with Crippen LogP contribution in [0.2, 0.25) is 0 Å². The lowest BCUT2D eigenvalue weighted by atomic mass is 10.0. The molecule has 0 saturated carbocycles. The van der Waals surface area contributed by atoms with Crippen LogP contribution in [0.1, 0.15) is 56.4 Å². The predicted molar refractivity (Wildman–Crippen MR) is 111 cm³/mol. The summed E-state index contributed by atoms with van der Waals surface area (Å²) in [6.45, 7) is 5.01. The van der Waals surface area contributed by atoms with Gasteiger partial charge >= 0.3 is 0 Å². The Morgan fingerprint density at radius 1 is 1.20 bits per heavy atom. The normalized spacial score (nSPS) is 14.8. The zero-order chi connectivity index (χ0) is 17.8. The first-order chi connectivity index (χ1) is 12.1. The topological polar surface area (TPSA) is 37.5 Å². The average molecular weight is 373 g/mol. The van der Waals surface area contributed by atoms with E-state index in [0.29, 0.717) is 0 Å². The molecule has 0 atom stereocenters. The van der Waals surface area contributed by atoms with Crippen LogP contribution in [0.3, 0.4) is 0 Å². The first-order valence-electron chi connectivity index (χ1n) is 8.91. The number of fused-ring (bicyclic) bond motifs is 1. The predicted octanol–water partition coefficient (Wildman–Crippen LogP) is 6.60. The van der Waals surface area contributed by atoms with Crippen LogP contribution in [0.15, 0.2) is 29.3 Å². The fourth-order valence-electron chi connectivity index (χ4n) is 3.13. The number of unbranched alkanes of at least 4 members (excludes halogenated alkanes) is 4. The molecule has 0 saturated heterocycles. The molecule has 0 aliphatic carbocycles. The van der Waals surface area contributed by atoms with Crippen molar-refractivity contribution < 1.29 is 5.11 Å². The number of benzene rings is 1. The van der Waals surface area contributed by atoms with Crippen molar-refractivity contribution in [1.82, 2.24) is 4.57 Å². The van der Waals surface area contributed by atoms with Crippen molar-refractivity contribution in [1.29, 1.82) is 0 Å². The van der Waals surface area contributed by atoms with Gasteiger partial charge in [0, 0.05) is 23.4 Å². The van der Waals surface area contributed by atoms with Gasteiger partial charge in [-0.05, 0) is 37.7 Å². The Balaban J connectivity index is 1.82. The van der Waals surface area contributed by atoms with Gasteiger partial charge in [0.1, 0.15) is 0 Å². The van der Waals surface area contributed by atoms with E-state index in [9.17, 15) is 5.11 Å². The zero-order valence-electron chi connectivity index (χ0n) is 14.8.